The molecule has 0 atom stereocenters. The summed E-state index contributed by atoms with van der Waals surface area (Å²) in [5.74, 6) is 0. The predicted molar refractivity (Wildman–Crippen MR) is 81.4 cm³/mol. The van der Waals surface area contributed by atoms with Crippen LogP contribution in [0.25, 0.3) is 0 Å². The third-order valence-corrected chi connectivity index (χ3v) is 8.70. The van der Waals surface area contributed by atoms with E-state index in [1.54, 1.807) is 21.0 Å². The molecule has 1 nitrogen and oxygen atoms in total. The summed E-state index contributed by atoms with van der Waals surface area (Å²) in [5.41, 5.74) is 4.75. The Morgan fingerprint density at radius 1 is 0.789 bits per heavy atom. The number of allylic oxidation sites excluding steroid dienone is 4. The summed E-state index contributed by atoms with van der Waals surface area (Å²) in [5, 5.41) is 0. The van der Waals surface area contributed by atoms with Gasteiger partial charge in [0.1, 0.15) is 0 Å². The normalized spacial score (nSPS) is 17.5. The fourth-order valence-electron chi connectivity index (χ4n) is 3.51. The van der Waals surface area contributed by atoms with Crippen LogP contribution in [-0.2, 0) is 16.5 Å². The van der Waals surface area contributed by atoms with Gasteiger partial charge in [-0.05, 0) is 0 Å². The van der Waals surface area contributed by atoms with E-state index in [0.29, 0.717) is 18.1 Å². The van der Waals surface area contributed by atoms with E-state index in [1.807, 2.05) is 0 Å². The third-order valence-electron chi connectivity index (χ3n) is 4.84. The Hall–Kier alpha value is 0.0244. The van der Waals surface area contributed by atoms with Crippen LogP contribution in [0.15, 0.2) is 21.0 Å². The molecule has 0 aromatic rings. The molecule has 0 amide bonds. The summed E-state index contributed by atoms with van der Waals surface area (Å²) in [6.45, 7) is 21.4. The van der Waals surface area contributed by atoms with E-state index in [1.165, 1.54) is 9.75 Å². The molecule has 1 aliphatic carbocycles. The summed E-state index contributed by atoms with van der Waals surface area (Å²) in [4.78, 5) is 0. The Kier molecular flexibility index (Phi) is 5.57. The van der Waals surface area contributed by atoms with Crippen molar-refractivity contribution < 1.29 is 19.9 Å². The zero-order valence-electron chi connectivity index (χ0n) is 14.3. The van der Waals surface area contributed by atoms with Crippen molar-refractivity contribution in [2.75, 3.05) is 0 Å². The Labute approximate surface area is 128 Å². The molecule has 1 aliphatic rings. The molecule has 0 fully saturated rings. The van der Waals surface area contributed by atoms with Gasteiger partial charge >= 0.3 is 128 Å². The summed E-state index contributed by atoms with van der Waals surface area (Å²) in [7, 11) is 0. The average Bonchev–Trinajstić information content (AvgIpc) is 2.52. The predicted octanol–water partition coefficient (Wildman–Crippen LogP) is 5.04. The molecular weight excluding hydrogens is 269 g/mol. The van der Waals surface area contributed by atoms with Gasteiger partial charge in [0.2, 0.25) is 0 Å². The van der Waals surface area contributed by atoms with Crippen LogP contribution >= 0.6 is 0 Å². The second-order valence-electron chi connectivity index (χ2n) is 6.83. The van der Waals surface area contributed by atoms with E-state index in [2.05, 4.69) is 62.3 Å². The maximum absolute atomic E-state index is 2.41. The van der Waals surface area contributed by atoms with Crippen LogP contribution in [0.2, 0.25) is 0 Å². The first-order valence-corrected chi connectivity index (χ1v) is 8.94. The molecule has 109 valence electrons. The summed E-state index contributed by atoms with van der Waals surface area (Å²) in [6, 6.07) is 2.13. The van der Waals surface area contributed by atoms with Crippen LogP contribution in [-0.4, -0.2) is 21.5 Å². The average molecular weight is 301 g/mol. The Morgan fingerprint density at radius 2 is 1.21 bits per heavy atom. The van der Waals surface area contributed by atoms with Crippen molar-refractivity contribution in [3.05, 3.63) is 21.0 Å². The van der Waals surface area contributed by atoms with Crippen LogP contribution in [0.3, 0.4) is 0 Å². The number of nitrogens with zero attached hydrogens (tertiary/aromatic N) is 1. The second kappa shape index (κ2) is 6.20. The molecule has 0 bridgehead atoms. The summed E-state index contributed by atoms with van der Waals surface area (Å²) >= 11 is 0.204. The molecule has 0 aromatic heterocycles. The molecule has 0 aromatic carbocycles. The number of hydrogen-bond donors (Lipinski definition) is 0. The van der Waals surface area contributed by atoms with Gasteiger partial charge in [0.25, 0.3) is 0 Å². The molecule has 0 radical (unpaired) electrons. The molecule has 0 N–H and O–H groups in total. The van der Waals surface area contributed by atoms with Gasteiger partial charge in [0.05, 0.1) is 0 Å². The van der Waals surface area contributed by atoms with E-state index in [-0.39, 0.29) is 16.5 Å². The van der Waals surface area contributed by atoms with E-state index < -0.39 is 0 Å². The second-order valence-corrected chi connectivity index (χ2v) is 9.07. The molecule has 19 heavy (non-hydrogen) atoms. The number of quaternary nitrogens is 1. The number of rotatable bonds is 5. The van der Waals surface area contributed by atoms with E-state index in [0.717, 1.165) is 0 Å². The van der Waals surface area contributed by atoms with Gasteiger partial charge in [-0.1, -0.05) is 0 Å². The first kappa shape index (κ1) is 17.1. The first-order chi connectivity index (χ1) is 8.64. The van der Waals surface area contributed by atoms with Crippen LogP contribution < -0.4 is 0 Å². The monoisotopic (exact) mass is 301 g/mol. The van der Waals surface area contributed by atoms with Crippen molar-refractivity contribution in [2.24, 2.45) is 0 Å². The zero-order chi connectivity index (χ0) is 15.0. The molecule has 1 rings (SSSR count). The van der Waals surface area contributed by atoms with Gasteiger partial charge in [-0.15, -0.1) is 0 Å². The maximum atomic E-state index is 2.41. The van der Waals surface area contributed by atoms with Crippen molar-refractivity contribution in [2.45, 2.75) is 86.9 Å². The van der Waals surface area contributed by atoms with Crippen LogP contribution in [0.5, 0.6) is 0 Å². The Morgan fingerprint density at radius 3 is 1.47 bits per heavy atom. The van der Waals surface area contributed by atoms with E-state index in [4.69, 9.17) is 0 Å². The standard InChI is InChI=1S/C9H21N.C8H11.V/c1-7(2)10(8(3)4)9(5)6;1-6-4-5-7(2)8(6)3;/h7-9H,1-6H3;4H2,1-3H3;/q;;+1. The fourth-order valence-corrected chi connectivity index (χ4v) is 6.22. The minimum atomic E-state index is 0.204. The molecule has 0 unspecified atom stereocenters. The Bertz CT molecular complexity index is 378. The quantitative estimate of drug-likeness (QED) is 0.667. The molecule has 0 saturated heterocycles. The van der Waals surface area contributed by atoms with Crippen LogP contribution in [0, 0.1) is 0 Å². The van der Waals surface area contributed by atoms with E-state index >= 15 is 0 Å². The van der Waals surface area contributed by atoms with Crippen molar-refractivity contribution in [3.8, 4) is 0 Å². The third kappa shape index (κ3) is 3.04. The SMILES string of the molecule is CC1=C(C)C(C)=[C]([V][N+](C(C)C)(C(C)C)C(C)C)C1. The Balaban J connectivity index is 3.12. The summed E-state index contributed by atoms with van der Waals surface area (Å²) in [6.07, 6.45) is 1.24. The number of hydrogen-bond acceptors (Lipinski definition) is 0. The van der Waals surface area contributed by atoms with Crippen molar-refractivity contribution >= 4 is 0 Å². The van der Waals surface area contributed by atoms with E-state index in [9.17, 15) is 0 Å². The molecule has 0 saturated carbocycles. The molecule has 0 aliphatic heterocycles. The van der Waals surface area contributed by atoms with Gasteiger partial charge in [0.15, 0.2) is 0 Å². The van der Waals surface area contributed by atoms with Crippen LogP contribution in [0.4, 0.5) is 0 Å². The topological polar surface area (TPSA) is 0 Å². The first-order valence-electron chi connectivity index (χ1n) is 7.62. The van der Waals surface area contributed by atoms with Gasteiger partial charge in [-0.25, -0.2) is 0 Å². The molecule has 0 spiro atoms. The van der Waals surface area contributed by atoms with Crippen molar-refractivity contribution in [3.63, 3.8) is 0 Å². The van der Waals surface area contributed by atoms with Gasteiger partial charge in [0, 0.05) is 0 Å². The van der Waals surface area contributed by atoms with Gasteiger partial charge < -0.3 is 0 Å². The van der Waals surface area contributed by atoms with Gasteiger partial charge in [-0.3, -0.25) is 0 Å². The van der Waals surface area contributed by atoms with Crippen molar-refractivity contribution in [1.29, 1.82) is 0 Å². The minimum absolute atomic E-state index is 0.204. The fraction of sp³-hybridized carbons (Fsp3) is 0.765. The zero-order valence-corrected chi connectivity index (χ0v) is 15.7. The van der Waals surface area contributed by atoms with Crippen LogP contribution in [0.1, 0.15) is 68.7 Å². The molecular formula is C17H32NV+. The molecule has 2 heteroatoms. The molecule has 0 heterocycles. The van der Waals surface area contributed by atoms with Gasteiger partial charge in [-0.2, -0.15) is 0 Å². The van der Waals surface area contributed by atoms with Crippen molar-refractivity contribution in [1.82, 2.24) is 0 Å². The summed E-state index contributed by atoms with van der Waals surface area (Å²) < 4.78 is 3.06.